The number of carbonyl (C=O) groups is 2. The number of rotatable bonds is 4. The molecule has 0 aromatic carbocycles. The smallest absolute Gasteiger partial charge is 0.323 e. The van der Waals surface area contributed by atoms with Crippen molar-refractivity contribution in [1.82, 2.24) is 19.1 Å². The lowest BCUT2D eigenvalue weighted by atomic mass is 9.93. The van der Waals surface area contributed by atoms with Gasteiger partial charge in [-0.25, -0.2) is 0 Å². The molecule has 2 aromatic heterocycles. The van der Waals surface area contributed by atoms with Crippen molar-refractivity contribution >= 4 is 17.5 Å². The zero-order chi connectivity index (χ0) is 19.4. The van der Waals surface area contributed by atoms with Crippen LogP contribution >= 0.6 is 0 Å². The summed E-state index contributed by atoms with van der Waals surface area (Å²) in [6.07, 6.45) is -0.757. The van der Waals surface area contributed by atoms with Crippen molar-refractivity contribution in [2.45, 2.75) is 52.3 Å². The van der Waals surface area contributed by atoms with Crippen LogP contribution in [0.25, 0.3) is 5.65 Å². The number of aliphatic carboxylic acids is 1. The topological polar surface area (TPSA) is 117 Å². The summed E-state index contributed by atoms with van der Waals surface area (Å²) in [5, 5.41) is 23.2. The lowest BCUT2D eigenvalue weighted by molar-refractivity contribution is -0.137. The zero-order valence-corrected chi connectivity index (χ0v) is 15.2. The van der Waals surface area contributed by atoms with Gasteiger partial charge in [0.05, 0.1) is 23.9 Å². The van der Waals surface area contributed by atoms with Gasteiger partial charge in [-0.15, -0.1) is 0 Å². The molecule has 1 amide bonds. The number of aliphatic hydroxyl groups is 1. The molecule has 9 nitrogen and oxygen atoms in total. The minimum absolute atomic E-state index is 0.0260. The Hall–Kier alpha value is -2.68. The normalized spacial score (nSPS) is 15.6. The van der Waals surface area contributed by atoms with Gasteiger partial charge in [0.1, 0.15) is 17.9 Å². The lowest BCUT2D eigenvalue weighted by Crippen LogP contribution is -2.32. The largest absolute Gasteiger partial charge is 0.480 e. The molecule has 0 aliphatic carbocycles. The van der Waals surface area contributed by atoms with Gasteiger partial charge in [0.25, 0.3) is 11.5 Å². The maximum absolute atomic E-state index is 12.9. The first-order chi connectivity index (χ1) is 12.0. The standard InChI is InChI=1S/C17H22N4O5/c1-9(22)6-19-7-10-14(16(19)26)20(8-13(23)24)12-5-11(17(2,3)4)18-21(12)15(10)25/h5,9,22H,6-8H2,1-4H3,(H,23,24)/t9-/m0/s1. The van der Waals surface area contributed by atoms with E-state index in [9.17, 15) is 24.6 Å². The number of amides is 1. The summed E-state index contributed by atoms with van der Waals surface area (Å²) in [5.41, 5.74) is 0.387. The number of carboxylic acid groups (broad SMARTS) is 1. The maximum Gasteiger partial charge on any atom is 0.323 e. The Morgan fingerprint density at radius 2 is 2.00 bits per heavy atom. The summed E-state index contributed by atoms with van der Waals surface area (Å²) in [4.78, 5) is 38.4. The molecule has 0 spiro atoms. The first-order valence-corrected chi connectivity index (χ1v) is 8.35. The fraction of sp³-hybridized carbons (Fsp3) is 0.529. The highest BCUT2D eigenvalue weighted by molar-refractivity contribution is 5.97. The van der Waals surface area contributed by atoms with Crippen LogP contribution in [0.3, 0.4) is 0 Å². The van der Waals surface area contributed by atoms with Gasteiger partial charge >= 0.3 is 5.97 Å². The van der Waals surface area contributed by atoms with Crippen LogP contribution in [0.4, 0.5) is 0 Å². The van der Waals surface area contributed by atoms with Crippen molar-refractivity contribution in [3.8, 4) is 0 Å². The van der Waals surface area contributed by atoms with Gasteiger partial charge in [-0.3, -0.25) is 14.4 Å². The van der Waals surface area contributed by atoms with Gasteiger partial charge in [0, 0.05) is 18.0 Å². The van der Waals surface area contributed by atoms with Crippen molar-refractivity contribution in [1.29, 1.82) is 0 Å². The Balaban J connectivity index is 2.29. The molecule has 3 rings (SSSR count). The van der Waals surface area contributed by atoms with Crippen molar-refractivity contribution in [2.75, 3.05) is 6.54 Å². The highest BCUT2D eigenvalue weighted by atomic mass is 16.4. The first kappa shape index (κ1) is 18.1. The molecule has 0 radical (unpaired) electrons. The van der Waals surface area contributed by atoms with Gasteiger partial charge in [0.15, 0.2) is 0 Å². The fourth-order valence-corrected chi connectivity index (χ4v) is 3.15. The third-order valence-electron chi connectivity index (χ3n) is 4.36. The monoisotopic (exact) mass is 362 g/mol. The van der Waals surface area contributed by atoms with Crippen LogP contribution < -0.4 is 5.56 Å². The Morgan fingerprint density at radius 3 is 2.54 bits per heavy atom. The zero-order valence-electron chi connectivity index (χ0n) is 15.2. The molecule has 0 fully saturated rings. The number of fused-ring (bicyclic) bond motifs is 2. The van der Waals surface area contributed by atoms with E-state index in [4.69, 9.17) is 0 Å². The van der Waals surface area contributed by atoms with Crippen molar-refractivity contribution in [3.63, 3.8) is 0 Å². The highest BCUT2D eigenvalue weighted by Crippen LogP contribution is 2.26. The van der Waals surface area contributed by atoms with E-state index in [2.05, 4.69) is 5.10 Å². The van der Waals surface area contributed by atoms with E-state index in [-0.39, 0.29) is 35.4 Å². The first-order valence-electron chi connectivity index (χ1n) is 8.35. The van der Waals surface area contributed by atoms with E-state index in [1.807, 2.05) is 20.8 Å². The van der Waals surface area contributed by atoms with Gasteiger partial charge in [-0.2, -0.15) is 9.61 Å². The molecule has 1 aliphatic rings. The van der Waals surface area contributed by atoms with Crippen LogP contribution in [0, 0.1) is 0 Å². The number of aliphatic hydroxyl groups excluding tert-OH is 1. The molecular formula is C17H22N4O5. The molecule has 0 saturated heterocycles. The molecule has 26 heavy (non-hydrogen) atoms. The van der Waals surface area contributed by atoms with Gasteiger partial charge in [-0.05, 0) is 6.92 Å². The number of carboxylic acids is 1. The second-order valence-electron chi connectivity index (χ2n) is 7.70. The third-order valence-corrected chi connectivity index (χ3v) is 4.36. The van der Waals surface area contributed by atoms with Crippen LogP contribution in [0.2, 0.25) is 0 Å². The molecule has 1 aliphatic heterocycles. The van der Waals surface area contributed by atoms with Crippen LogP contribution in [0.5, 0.6) is 0 Å². The van der Waals surface area contributed by atoms with Crippen LogP contribution in [0.1, 0.15) is 49.4 Å². The van der Waals surface area contributed by atoms with Crippen molar-refractivity contribution < 1.29 is 19.8 Å². The fourth-order valence-electron chi connectivity index (χ4n) is 3.15. The average Bonchev–Trinajstić information content (AvgIpc) is 3.06. The summed E-state index contributed by atoms with van der Waals surface area (Å²) in [5.74, 6) is -1.58. The predicted octanol–water partition coefficient (Wildman–Crippen LogP) is 0.215. The summed E-state index contributed by atoms with van der Waals surface area (Å²) < 4.78 is 2.49. The predicted molar refractivity (Wildman–Crippen MR) is 92.2 cm³/mol. The number of aromatic nitrogens is 3. The van der Waals surface area contributed by atoms with Crippen molar-refractivity contribution in [2.24, 2.45) is 0 Å². The van der Waals surface area contributed by atoms with Crippen LogP contribution in [-0.2, 0) is 23.3 Å². The SMILES string of the molecule is C[C@H](O)CN1Cc2c(n(CC(=O)O)c3cc(C(C)(C)C)nn3c2=O)C1=O. The average molecular weight is 362 g/mol. The van der Waals surface area contributed by atoms with E-state index < -0.39 is 30.1 Å². The minimum atomic E-state index is -1.13. The highest BCUT2D eigenvalue weighted by Gasteiger charge is 2.36. The Bertz CT molecular complexity index is 964. The van der Waals surface area contributed by atoms with E-state index >= 15 is 0 Å². The summed E-state index contributed by atoms with van der Waals surface area (Å²) in [6, 6.07) is 1.65. The van der Waals surface area contributed by atoms with E-state index in [1.165, 1.54) is 14.0 Å². The molecular weight excluding hydrogens is 340 g/mol. The Kier molecular flexibility index (Phi) is 4.14. The Labute approximate surface area is 149 Å². The van der Waals surface area contributed by atoms with Crippen molar-refractivity contribution in [3.05, 3.63) is 33.4 Å². The quantitative estimate of drug-likeness (QED) is 0.803. The number of hydrogen-bond acceptors (Lipinski definition) is 5. The lowest BCUT2D eigenvalue weighted by Gasteiger charge is -2.17. The molecule has 140 valence electrons. The summed E-state index contributed by atoms with van der Waals surface area (Å²) in [6.45, 7) is 6.98. The Morgan fingerprint density at radius 1 is 1.35 bits per heavy atom. The van der Waals surface area contributed by atoms with E-state index in [0.717, 1.165) is 0 Å². The molecule has 9 heteroatoms. The summed E-state index contributed by atoms with van der Waals surface area (Å²) in [7, 11) is 0. The molecule has 0 saturated carbocycles. The summed E-state index contributed by atoms with van der Waals surface area (Å²) >= 11 is 0. The molecule has 1 atom stereocenters. The molecule has 0 unspecified atom stereocenters. The number of carbonyl (C=O) groups excluding carboxylic acids is 1. The molecule has 3 heterocycles. The van der Waals surface area contributed by atoms with Crippen LogP contribution in [0.15, 0.2) is 10.9 Å². The number of hydrogen-bond donors (Lipinski definition) is 2. The number of nitrogens with zero attached hydrogens (tertiary/aromatic N) is 4. The van der Waals surface area contributed by atoms with Gasteiger partial charge < -0.3 is 19.7 Å². The molecule has 2 aromatic rings. The second kappa shape index (κ2) is 5.94. The maximum atomic E-state index is 12.9. The van der Waals surface area contributed by atoms with Crippen LogP contribution in [-0.4, -0.2) is 53.8 Å². The molecule has 0 bridgehead atoms. The van der Waals surface area contributed by atoms with Gasteiger partial charge in [0.2, 0.25) is 0 Å². The van der Waals surface area contributed by atoms with E-state index in [0.29, 0.717) is 5.69 Å². The van der Waals surface area contributed by atoms with E-state index in [1.54, 1.807) is 13.0 Å². The second-order valence-corrected chi connectivity index (χ2v) is 7.70. The minimum Gasteiger partial charge on any atom is -0.480 e. The number of β-amino-alcohol motifs (C(OH)–C–C–N with tert-alkyl or cyclic N) is 1. The molecule has 2 N–H and O–H groups in total. The third kappa shape index (κ3) is 2.88. The van der Waals surface area contributed by atoms with Gasteiger partial charge in [-0.1, -0.05) is 20.8 Å².